The fraction of sp³-hybridized carbons (Fsp3) is 0.154. The van der Waals surface area contributed by atoms with E-state index in [1.54, 1.807) is 4.68 Å². The van der Waals surface area contributed by atoms with Crippen LogP contribution >= 0.6 is 15.9 Å². The van der Waals surface area contributed by atoms with Crippen molar-refractivity contribution in [1.82, 2.24) is 15.0 Å². The Morgan fingerprint density at radius 2 is 2.33 bits per heavy atom. The SMILES string of the molecule is C=C(C)Cn1nnc(C#N)c1-c1cccc(Br)c1. The van der Waals surface area contributed by atoms with Crippen molar-refractivity contribution in [2.24, 2.45) is 0 Å². The van der Waals surface area contributed by atoms with Crippen LogP contribution in [0.3, 0.4) is 0 Å². The Balaban J connectivity index is 2.57. The molecule has 5 heteroatoms. The monoisotopic (exact) mass is 302 g/mol. The topological polar surface area (TPSA) is 54.5 Å². The van der Waals surface area contributed by atoms with E-state index in [0.29, 0.717) is 12.2 Å². The highest BCUT2D eigenvalue weighted by atomic mass is 79.9. The summed E-state index contributed by atoms with van der Waals surface area (Å²) in [5.74, 6) is 0. The third-order valence-corrected chi connectivity index (χ3v) is 2.85. The van der Waals surface area contributed by atoms with Crippen molar-refractivity contribution in [2.75, 3.05) is 0 Å². The van der Waals surface area contributed by atoms with Crippen LogP contribution in [0.1, 0.15) is 12.6 Å². The van der Waals surface area contributed by atoms with Crippen molar-refractivity contribution >= 4 is 15.9 Å². The third-order valence-electron chi connectivity index (χ3n) is 2.36. The second-order valence-corrected chi connectivity index (χ2v) is 4.94. The minimum Gasteiger partial charge on any atom is -0.239 e. The standard InChI is InChI=1S/C13H11BrN4/c1-9(2)8-18-13(12(7-15)16-17-18)10-4-3-5-11(14)6-10/h3-6H,1,8H2,2H3. The molecular formula is C13H11BrN4. The van der Waals surface area contributed by atoms with Crippen molar-refractivity contribution < 1.29 is 0 Å². The van der Waals surface area contributed by atoms with E-state index in [9.17, 15) is 0 Å². The molecule has 0 aliphatic carbocycles. The first-order valence-corrected chi connectivity index (χ1v) is 6.15. The van der Waals surface area contributed by atoms with Gasteiger partial charge in [0.15, 0.2) is 5.69 Å². The van der Waals surface area contributed by atoms with E-state index < -0.39 is 0 Å². The van der Waals surface area contributed by atoms with E-state index in [0.717, 1.165) is 21.3 Å². The fourth-order valence-electron chi connectivity index (χ4n) is 1.68. The van der Waals surface area contributed by atoms with Crippen molar-refractivity contribution in [1.29, 1.82) is 5.26 Å². The molecule has 0 fully saturated rings. The van der Waals surface area contributed by atoms with Crippen LogP contribution < -0.4 is 0 Å². The van der Waals surface area contributed by atoms with Gasteiger partial charge in [0, 0.05) is 10.0 Å². The molecule has 0 saturated carbocycles. The highest BCUT2D eigenvalue weighted by molar-refractivity contribution is 9.10. The number of benzene rings is 1. The normalized spacial score (nSPS) is 10.1. The van der Waals surface area contributed by atoms with Crippen LogP contribution in [0.2, 0.25) is 0 Å². The van der Waals surface area contributed by atoms with Gasteiger partial charge in [0.2, 0.25) is 0 Å². The van der Waals surface area contributed by atoms with Gasteiger partial charge in [-0.15, -0.1) is 5.10 Å². The lowest BCUT2D eigenvalue weighted by molar-refractivity contribution is 0.649. The van der Waals surface area contributed by atoms with Crippen molar-refractivity contribution in [3.8, 4) is 17.3 Å². The molecule has 1 aromatic carbocycles. The van der Waals surface area contributed by atoms with E-state index in [-0.39, 0.29) is 0 Å². The molecule has 1 aromatic heterocycles. The molecule has 2 rings (SSSR count). The van der Waals surface area contributed by atoms with Crippen LogP contribution in [0.5, 0.6) is 0 Å². The van der Waals surface area contributed by atoms with Crippen LogP contribution in [0.25, 0.3) is 11.3 Å². The zero-order valence-electron chi connectivity index (χ0n) is 9.89. The molecule has 2 aromatic rings. The summed E-state index contributed by atoms with van der Waals surface area (Å²) >= 11 is 3.42. The zero-order chi connectivity index (χ0) is 13.1. The molecule has 0 spiro atoms. The number of allylic oxidation sites excluding steroid dienone is 1. The average molecular weight is 303 g/mol. The van der Waals surface area contributed by atoms with E-state index >= 15 is 0 Å². The molecule has 4 nitrogen and oxygen atoms in total. The number of nitrogens with zero attached hydrogens (tertiary/aromatic N) is 4. The number of nitriles is 1. The van der Waals surface area contributed by atoms with Gasteiger partial charge in [-0.3, -0.25) is 0 Å². The molecule has 0 radical (unpaired) electrons. The molecule has 0 aliphatic heterocycles. The Morgan fingerprint density at radius 1 is 1.56 bits per heavy atom. The Labute approximate surface area is 114 Å². The summed E-state index contributed by atoms with van der Waals surface area (Å²) in [6.07, 6.45) is 0. The van der Waals surface area contributed by atoms with Gasteiger partial charge < -0.3 is 0 Å². The molecule has 1 heterocycles. The van der Waals surface area contributed by atoms with Gasteiger partial charge in [0.05, 0.1) is 6.54 Å². The smallest absolute Gasteiger partial charge is 0.190 e. The molecule has 90 valence electrons. The Morgan fingerprint density at radius 3 is 2.94 bits per heavy atom. The van der Waals surface area contributed by atoms with Crippen LogP contribution in [0.15, 0.2) is 40.9 Å². The molecule has 0 atom stereocenters. The Kier molecular flexibility index (Phi) is 3.58. The van der Waals surface area contributed by atoms with Gasteiger partial charge >= 0.3 is 0 Å². The van der Waals surface area contributed by atoms with E-state index in [1.165, 1.54) is 0 Å². The number of aromatic nitrogens is 3. The Hall–Kier alpha value is -1.93. The van der Waals surface area contributed by atoms with Crippen LogP contribution in [-0.2, 0) is 6.54 Å². The van der Waals surface area contributed by atoms with Gasteiger partial charge in [0.25, 0.3) is 0 Å². The highest BCUT2D eigenvalue weighted by Gasteiger charge is 2.14. The predicted octanol–water partition coefficient (Wildman–Crippen LogP) is 3.16. The summed E-state index contributed by atoms with van der Waals surface area (Å²) in [7, 11) is 0. The summed E-state index contributed by atoms with van der Waals surface area (Å²) in [6, 6.07) is 9.78. The average Bonchev–Trinajstić information content (AvgIpc) is 2.71. The lowest BCUT2D eigenvalue weighted by atomic mass is 10.1. The molecule has 0 aliphatic rings. The molecular weight excluding hydrogens is 292 g/mol. The van der Waals surface area contributed by atoms with Gasteiger partial charge in [-0.05, 0) is 19.1 Å². The quantitative estimate of drug-likeness (QED) is 0.818. The summed E-state index contributed by atoms with van der Waals surface area (Å²) in [6.45, 7) is 6.32. The minimum atomic E-state index is 0.328. The Bertz CT molecular complexity index is 637. The maximum absolute atomic E-state index is 9.10. The first kappa shape index (κ1) is 12.5. The van der Waals surface area contributed by atoms with Crippen LogP contribution in [0, 0.1) is 11.3 Å². The second kappa shape index (κ2) is 5.15. The fourth-order valence-corrected chi connectivity index (χ4v) is 2.08. The molecule has 0 amide bonds. The number of rotatable bonds is 3. The second-order valence-electron chi connectivity index (χ2n) is 4.02. The number of hydrogen-bond donors (Lipinski definition) is 0. The molecule has 0 unspecified atom stereocenters. The van der Waals surface area contributed by atoms with Gasteiger partial charge in [-0.2, -0.15) is 5.26 Å². The summed E-state index contributed by atoms with van der Waals surface area (Å²) in [5, 5.41) is 17.0. The van der Waals surface area contributed by atoms with E-state index in [1.807, 2.05) is 31.2 Å². The summed E-state index contributed by atoms with van der Waals surface area (Å²) in [5.41, 5.74) is 2.92. The van der Waals surface area contributed by atoms with Gasteiger partial charge in [-0.1, -0.05) is 45.4 Å². The maximum atomic E-state index is 9.10. The third kappa shape index (κ3) is 2.49. The largest absolute Gasteiger partial charge is 0.239 e. The van der Waals surface area contributed by atoms with Gasteiger partial charge in [0.1, 0.15) is 11.8 Å². The maximum Gasteiger partial charge on any atom is 0.190 e. The van der Waals surface area contributed by atoms with Crippen LogP contribution in [0.4, 0.5) is 0 Å². The number of halogens is 1. The summed E-state index contributed by atoms with van der Waals surface area (Å²) < 4.78 is 2.65. The van der Waals surface area contributed by atoms with Crippen molar-refractivity contribution in [3.63, 3.8) is 0 Å². The van der Waals surface area contributed by atoms with E-state index in [2.05, 4.69) is 38.9 Å². The molecule has 0 bridgehead atoms. The first-order valence-electron chi connectivity index (χ1n) is 5.35. The molecule has 18 heavy (non-hydrogen) atoms. The number of hydrogen-bond acceptors (Lipinski definition) is 3. The lowest BCUT2D eigenvalue weighted by Crippen LogP contribution is -2.03. The zero-order valence-corrected chi connectivity index (χ0v) is 11.5. The molecule has 0 N–H and O–H groups in total. The highest BCUT2D eigenvalue weighted by Crippen LogP contribution is 2.25. The molecule has 0 saturated heterocycles. The summed E-state index contributed by atoms with van der Waals surface area (Å²) in [4.78, 5) is 0. The van der Waals surface area contributed by atoms with Crippen LogP contribution in [-0.4, -0.2) is 15.0 Å². The first-order chi connectivity index (χ1) is 8.61. The van der Waals surface area contributed by atoms with E-state index in [4.69, 9.17) is 5.26 Å². The minimum absolute atomic E-state index is 0.328. The lowest BCUT2D eigenvalue weighted by Gasteiger charge is -2.06. The van der Waals surface area contributed by atoms with Crippen molar-refractivity contribution in [2.45, 2.75) is 13.5 Å². The predicted molar refractivity (Wildman–Crippen MR) is 72.7 cm³/mol. The van der Waals surface area contributed by atoms with Gasteiger partial charge in [-0.25, -0.2) is 4.68 Å². The van der Waals surface area contributed by atoms with Crippen molar-refractivity contribution in [3.05, 3.63) is 46.6 Å².